The van der Waals surface area contributed by atoms with Crippen LogP contribution in [0.5, 0.6) is 0 Å². The van der Waals surface area contributed by atoms with E-state index >= 15 is 0 Å². The molecule has 1 unspecified atom stereocenters. The maximum Gasteiger partial charge on any atom is 0.222 e. The van der Waals surface area contributed by atoms with E-state index in [0.717, 1.165) is 24.7 Å². The van der Waals surface area contributed by atoms with Crippen LogP contribution in [0.2, 0.25) is 0 Å². The van der Waals surface area contributed by atoms with Gasteiger partial charge in [0.15, 0.2) is 0 Å². The summed E-state index contributed by atoms with van der Waals surface area (Å²) in [4.78, 5) is 14.3. The van der Waals surface area contributed by atoms with Crippen molar-refractivity contribution in [3.8, 4) is 0 Å². The molecule has 3 heteroatoms. The molecule has 0 spiro atoms. The first kappa shape index (κ1) is 16.0. The van der Waals surface area contributed by atoms with Crippen LogP contribution < -0.4 is 0 Å². The molecule has 1 aliphatic rings. The van der Waals surface area contributed by atoms with Gasteiger partial charge in [-0.3, -0.25) is 4.79 Å². The van der Waals surface area contributed by atoms with E-state index in [1.165, 1.54) is 51.4 Å². The van der Waals surface area contributed by atoms with Gasteiger partial charge < -0.3 is 4.90 Å². The Morgan fingerprint density at radius 2 is 2.00 bits per heavy atom. The Morgan fingerprint density at radius 1 is 1.22 bits per heavy atom. The zero-order valence-electron chi connectivity index (χ0n) is 11.8. The van der Waals surface area contributed by atoms with Crippen LogP contribution in [0.15, 0.2) is 0 Å². The van der Waals surface area contributed by atoms with Gasteiger partial charge in [0.2, 0.25) is 5.91 Å². The highest BCUT2D eigenvalue weighted by atomic mass is 79.9. The van der Waals surface area contributed by atoms with Gasteiger partial charge in [0, 0.05) is 24.3 Å². The monoisotopic (exact) mass is 317 g/mol. The number of alkyl halides is 1. The van der Waals surface area contributed by atoms with Crippen molar-refractivity contribution >= 4 is 21.8 Å². The quantitative estimate of drug-likeness (QED) is 0.452. The lowest BCUT2D eigenvalue weighted by atomic mass is 10.1. The summed E-state index contributed by atoms with van der Waals surface area (Å²) < 4.78 is 0. The highest BCUT2D eigenvalue weighted by Crippen LogP contribution is 2.23. The molecule has 0 N–H and O–H groups in total. The summed E-state index contributed by atoms with van der Waals surface area (Å²) in [5.41, 5.74) is 0. The molecule has 1 rings (SSSR count). The van der Waals surface area contributed by atoms with Crippen molar-refractivity contribution in [2.75, 3.05) is 11.9 Å². The molecule has 18 heavy (non-hydrogen) atoms. The van der Waals surface area contributed by atoms with Gasteiger partial charge in [0.25, 0.3) is 0 Å². The Labute approximate surface area is 121 Å². The SMILES string of the molecule is CCCCCCCC(=O)N1CCCC1CCCBr. The van der Waals surface area contributed by atoms with Gasteiger partial charge in [-0.15, -0.1) is 0 Å². The van der Waals surface area contributed by atoms with E-state index < -0.39 is 0 Å². The smallest absolute Gasteiger partial charge is 0.222 e. The van der Waals surface area contributed by atoms with Gasteiger partial charge in [0.1, 0.15) is 0 Å². The standard InChI is InChI=1S/C15H28BrNO/c1-2-3-4-5-6-11-15(18)17-13-8-10-14(17)9-7-12-16/h14H,2-13H2,1H3. The highest BCUT2D eigenvalue weighted by molar-refractivity contribution is 9.09. The van der Waals surface area contributed by atoms with Crippen molar-refractivity contribution in [3.63, 3.8) is 0 Å². The number of hydrogen-bond donors (Lipinski definition) is 0. The first-order valence-electron chi connectivity index (χ1n) is 7.65. The third-order valence-electron chi connectivity index (χ3n) is 3.86. The summed E-state index contributed by atoms with van der Waals surface area (Å²) in [7, 11) is 0. The van der Waals surface area contributed by atoms with E-state index in [9.17, 15) is 4.79 Å². The lowest BCUT2D eigenvalue weighted by Crippen LogP contribution is -2.35. The van der Waals surface area contributed by atoms with Crippen molar-refractivity contribution in [2.24, 2.45) is 0 Å². The Hall–Kier alpha value is -0.0500. The van der Waals surface area contributed by atoms with Gasteiger partial charge in [-0.1, -0.05) is 48.5 Å². The van der Waals surface area contributed by atoms with Crippen LogP contribution in [0.4, 0.5) is 0 Å². The highest BCUT2D eigenvalue weighted by Gasteiger charge is 2.27. The number of hydrogen-bond acceptors (Lipinski definition) is 1. The number of carbonyl (C=O) groups is 1. The molecular weight excluding hydrogens is 290 g/mol. The van der Waals surface area contributed by atoms with E-state index in [2.05, 4.69) is 27.8 Å². The van der Waals surface area contributed by atoms with Crippen molar-refractivity contribution in [3.05, 3.63) is 0 Å². The topological polar surface area (TPSA) is 20.3 Å². The third kappa shape index (κ3) is 5.73. The molecule has 0 aromatic rings. The summed E-state index contributed by atoms with van der Waals surface area (Å²) in [6.07, 6.45) is 11.7. The molecule has 0 bridgehead atoms. The second-order valence-electron chi connectivity index (χ2n) is 5.38. The van der Waals surface area contributed by atoms with Crippen LogP contribution in [0.25, 0.3) is 0 Å². The minimum atomic E-state index is 0.406. The Bertz CT molecular complexity index is 233. The molecule has 1 atom stereocenters. The van der Waals surface area contributed by atoms with Crippen LogP contribution in [0.3, 0.4) is 0 Å². The van der Waals surface area contributed by atoms with E-state index in [1.54, 1.807) is 0 Å². The average Bonchev–Trinajstić information content (AvgIpc) is 2.84. The van der Waals surface area contributed by atoms with Gasteiger partial charge >= 0.3 is 0 Å². The molecule has 0 radical (unpaired) electrons. The molecule has 0 aliphatic carbocycles. The van der Waals surface area contributed by atoms with Gasteiger partial charge in [-0.2, -0.15) is 0 Å². The normalized spacial score (nSPS) is 19.4. The van der Waals surface area contributed by atoms with Crippen LogP contribution >= 0.6 is 15.9 Å². The summed E-state index contributed by atoms with van der Waals surface area (Å²) in [5, 5.41) is 1.06. The van der Waals surface area contributed by atoms with E-state index in [0.29, 0.717) is 11.9 Å². The zero-order valence-corrected chi connectivity index (χ0v) is 13.4. The number of rotatable bonds is 9. The number of amides is 1. The predicted molar refractivity (Wildman–Crippen MR) is 81.1 cm³/mol. The summed E-state index contributed by atoms with van der Waals surface area (Å²) in [5.74, 6) is 0.406. The second-order valence-corrected chi connectivity index (χ2v) is 6.17. The molecule has 2 nitrogen and oxygen atoms in total. The molecule has 1 fully saturated rings. The Balaban J connectivity index is 2.18. The molecule has 1 saturated heterocycles. The van der Waals surface area contributed by atoms with Gasteiger partial charge in [-0.05, 0) is 32.1 Å². The lowest BCUT2D eigenvalue weighted by Gasteiger charge is -2.24. The molecular formula is C15H28BrNO. The number of halogens is 1. The first-order chi connectivity index (χ1) is 8.79. The minimum absolute atomic E-state index is 0.406. The Morgan fingerprint density at radius 3 is 2.72 bits per heavy atom. The van der Waals surface area contributed by atoms with Crippen molar-refractivity contribution in [2.45, 2.75) is 77.2 Å². The fourth-order valence-corrected chi connectivity index (χ4v) is 3.12. The number of carbonyl (C=O) groups excluding carboxylic acids is 1. The number of nitrogens with zero attached hydrogens (tertiary/aromatic N) is 1. The van der Waals surface area contributed by atoms with Crippen LogP contribution in [0, 0.1) is 0 Å². The maximum atomic E-state index is 12.2. The van der Waals surface area contributed by atoms with Gasteiger partial charge in [-0.25, -0.2) is 0 Å². The fourth-order valence-electron chi connectivity index (χ4n) is 2.80. The van der Waals surface area contributed by atoms with Crippen LogP contribution in [-0.4, -0.2) is 28.7 Å². The van der Waals surface area contributed by atoms with E-state index in [1.807, 2.05) is 0 Å². The molecule has 1 aliphatic heterocycles. The molecule has 1 heterocycles. The minimum Gasteiger partial charge on any atom is -0.340 e. The van der Waals surface area contributed by atoms with Crippen molar-refractivity contribution < 1.29 is 4.79 Å². The molecule has 0 saturated carbocycles. The van der Waals surface area contributed by atoms with E-state index in [4.69, 9.17) is 0 Å². The maximum absolute atomic E-state index is 12.2. The molecule has 0 aromatic heterocycles. The third-order valence-corrected chi connectivity index (χ3v) is 4.42. The molecule has 1 amide bonds. The fraction of sp³-hybridized carbons (Fsp3) is 0.933. The number of unbranched alkanes of at least 4 members (excludes halogenated alkanes) is 4. The summed E-state index contributed by atoms with van der Waals surface area (Å²) in [6.45, 7) is 3.23. The van der Waals surface area contributed by atoms with Crippen molar-refractivity contribution in [1.82, 2.24) is 4.90 Å². The second kappa shape index (κ2) is 9.82. The Kier molecular flexibility index (Phi) is 8.74. The van der Waals surface area contributed by atoms with Crippen LogP contribution in [0.1, 0.15) is 71.1 Å². The average molecular weight is 318 g/mol. The van der Waals surface area contributed by atoms with Gasteiger partial charge in [0.05, 0.1) is 0 Å². The van der Waals surface area contributed by atoms with Crippen molar-refractivity contribution in [1.29, 1.82) is 0 Å². The summed E-state index contributed by atoms with van der Waals surface area (Å²) in [6, 6.07) is 0.533. The predicted octanol–water partition coefficient (Wildman–Crippen LogP) is 4.51. The molecule has 106 valence electrons. The largest absolute Gasteiger partial charge is 0.340 e. The van der Waals surface area contributed by atoms with E-state index in [-0.39, 0.29) is 0 Å². The number of likely N-dealkylation sites (tertiary alicyclic amines) is 1. The molecule has 0 aromatic carbocycles. The first-order valence-corrected chi connectivity index (χ1v) is 8.77. The summed E-state index contributed by atoms with van der Waals surface area (Å²) >= 11 is 3.48. The van der Waals surface area contributed by atoms with Crippen LogP contribution in [-0.2, 0) is 4.79 Å². The lowest BCUT2D eigenvalue weighted by molar-refractivity contribution is -0.132. The zero-order chi connectivity index (χ0) is 13.2.